The first kappa shape index (κ1) is 38.5. The van der Waals surface area contributed by atoms with Gasteiger partial charge in [0.15, 0.2) is 5.96 Å². The van der Waals surface area contributed by atoms with Crippen LogP contribution in [0.3, 0.4) is 0 Å². The van der Waals surface area contributed by atoms with Crippen molar-refractivity contribution in [1.82, 2.24) is 46.9 Å². The van der Waals surface area contributed by atoms with Crippen molar-refractivity contribution in [2.45, 2.75) is 56.3 Å². The van der Waals surface area contributed by atoms with Crippen molar-refractivity contribution in [1.29, 1.82) is 0 Å². The van der Waals surface area contributed by atoms with Gasteiger partial charge in [-0.3, -0.25) is 33.8 Å². The van der Waals surface area contributed by atoms with E-state index in [2.05, 4.69) is 51.8 Å². The minimum Gasteiger partial charge on any atom is -0.370 e. The molecule has 1 fully saturated rings. The maximum absolute atomic E-state index is 14.1. The lowest BCUT2D eigenvalue weighted by Gasteiger charge is -2.27. The maximum atomic E-state index is 14.1. The number of hydrogen-bond acceptors (Lipinski definition) is 8. The van der Waals surface area contributed by atoms with E-state index in [1.807, 2.05) is 24.3 Å². The van der Waals surface area contributed by atoms with Crippen LogP contribution in [-0.2, 0) is 48.0 Å². The molecule has 0 spiro atoms. The molecule has 0 aliphatic carbocycles. The van der Waals surface area contributed by atoms with Crippen LogP contribution >= 0.6 is 0 Å². The number of carbonyl (C=O) groups excluding carboxylic acids is 6. The molecule has 18 nitrogen and oxygen atoms in total. The largest absolute Gasteiger partial charge is 0.370 e. The summed E-state index contributed by atoms with van der Waals surface area (Å²) in [5, 5.41) is 16.7. The molecule has 2 aromatic heterocycles. The number of H-pyrrole nitrogens is 2. The van der Waals surface area contributed by atoms with Gasteiger partial charge in [-0.05, 0) is 30.0 Å². The first-order valence-corrected chi connectivity index (χ1v) is 17.4. The molecule has 5 rings (SSSR count). The van der Waals surface area contributed by atoms with Gasteiger partial charge in [-0.25, -0.2) is 4.98 Å². The fourth-order valence-corrected chi connectivity index (χ4v) is 5.98. The second kappa shape index (κ2) is 18.7. The number of aliphatic imine (C=N–C) groups is 1. The molecule has 284 valence electrons. The van der Waals surface area contributed by atoms with Crippen LogP contribution in [0.1, 0.15) is 29.7 Å². The number of fused-ring (bicyclic) bond motifs is 1. The molecule has 6 amide bonds. The van der Waals surface area contributed by atoms with Gasteiger partial charge in [-0.2, -0.15) is 0 Å². The Bertz CT molecular complexity index is 1960. The molecule has 18 heteroatoms. The van der Waals surface area contributed by atoms with Gasteiger partial charge in [0.25, 0.3) is 0 Å². The van der Waals surface area contributed by atoms with Crippen molar-refractivity contribution in [3.63, 3.8) is 0 Å². The molecular weight excluding hydrogens is 696 g/mol. The van der Waals surface area contributed by atoms with Crippen molar-refractivity contribution in [3.8, 4) is 0 Å². The van der Waals surface area contributed by atoms with Gasteiger partial charge >= 0.3 is 0 Å². The predicted molar refractivity (Wildman–Crippen MR) is 198 cm³/mol. The van der Waals surface area contributed by atoms with E-state index in [1.165, 1.54) is 12.5 Å². The summed E-state index contributed by atoms with van der Waals surface area (Å²) >= 11 is 0. The molecule has 12 N–H and O–H groups in total. The number of aromatic nitrogens is 3. The SMILES string of the molecule is NC(N)=NCCC[C@@H]1NC(=O)[C@H](Cc2ccccc2)NC(=O)[C@H](Cc2cnc[nH]2)NC(=O)CNC(=O)CNC(=O)[C@H](Cc2c[nH]c3ccccc23)NC1=O. The summed E-state index contributed by atoms with van der Waals surface area (Å²) in [7, 11) is 0. The van der Waals surface area contributed by atoms with Crippen LogP contribution in [0.4, 0.5) is 0 Å². The summed E-state index contributed by atoms with van der Waals surface area (Å²) in [4.78, 5) is 95.4. The highest BCUT2D eigenvalue weighted by Crippen LogP contribution is 2.19. The molecule has 1 saturated heterocycles. The van der Waals surface area contributed by atoms with Gasteiger partial charge in [-0.1, -0.05) is 48.5 Å². The lowest BCUT2D eigenvalue weighted by atomic mass is 10.0. The average molecular weight is 741 g/mol. The molecule has 0 bridgehead atoms. The first-order chi connectivity index (χ1) is 26.0. The number of amides is 6. The zero-order valence-corrected chi connectivity index (χ0v) is 29.4. The topological polar surface area (TPSA) is 283 Å². The number of guanidine groups is 1. The molecule has 4 aromatic rings. The lowest BCUT2D eigenvalue weighted by molar-refractivity contribution is -0.135. The minimum absolute atomic E-state index is 0.0190. The first-order valence-electron chi connectivity index (χ1n) is 17.4. The molecule has 2 aromatic carbocycles. The summed E-state index contributed by atoms with van der Waals surface area (Å²) in [6, 6.07) is 11.6. The van der Waals surface area contributed by atoms with Crippen LogP contribution in [0.25, 0.3) is 10.9 Å². The lowest BCUT2D eigenvalue weighted by Crippen LogP contribution is -2.60. The Labute approximate surface area is 310 Å². The standard InChI is InChI=1S/C36H44N12O6/c37-36(38)40-12-6-11-26-33(52)48-28(14-22-16-41-25-10-5-4-9-24(22)25)32(51)43-18-30(49)42-19-31(50)45-29(15-23-17-39-20-44-23)35(54)47-27(34(53)46-26)13-21-7-2-1-3-8-21/h1-5,7-10,16-17,20,26-29,41H,6,11-15,18-19H2,(H,39,44)(H,42,49)(H,43,51)(H,45,50)(H,46,53)(H,47,54)(H,48,52)(H4,37,38,40)/t26-,27-,28-,29-/m0/s1. The van der Waals surface area contributed by atoms with Crippen LogP contribution in [0.5, 0.6) is 0 Å². The molecule has 0 saturated carbocycles. The summed E-state index contributed by atoms with van der Waals surface area (Å²) < 4.78 is 0. The van der Waals surface area contributed by atoms with E-state index in [9.17, 15) is 28.8 Å². The summed E-state index contributed by atoms with van der Waals surface area (Å²) in [6.07, 6.45) is 5.01. The highest BCUT2D eigenvalue weighted by molar-refractivity contribution is 5.97. The number of hydrogen-bond donors (Lipinski definition) is 10. The van der Waals surface area contributed by atoms with Gasteiger partial charge in [0.05, 0.1) is 19.4 Å². The van der Waals surface area contributed by atoms with Gasteiger partial charge in [0.2, 0.25) is 35.4 Å². The fraction of sp³-hybridized carbons (Fsp3) is 0.333. The Balaban J connectivity index is 1.47. The number of nitrogens with one attached hydrogen (secondary N) is 8. The molecular formula is C36H44N12O6. The van der Waals surface area contributed by atoms with Crippen molar-refractivity contribution in [2.75, 3.05) is 19.6 Å². The highest BCUT2D eigenvalue weighted by Gasteiger charge is 2.32. The Morgan fingerprint density at radius 3 is 2.06 bits per heavy atom. The molecule has 4 atom stereocenters. The summed E-state index contributed by atoms with van der Waals surface area (Å²) in [5.41, 5.74) is 13.8. The third-order valence-electron chi connectivity index (χ3n) is 8.73. The zero-order valence-electron chi connectivity index (χ0n) is 29.4. The van der Waals surface area contributed by atoms with Crippen molar-refractivity contribution in [3.05, 3.63) is 90.1 Å². The Morgan fingerprint density at radius 1 is 0.685 bits per heavy atom. The number of nitrogens with zero attached hydrogens (tertiary/aromatic N) is 2. The van der Waals surface area contributed by atoms with Crippen LogP contribution in [0.2, 0.25) is 0 Å². The molecule has 54 heavy (non-hydrogen) atoms. The van der Waals surface area contributed by atoms with E-state index in [0.29, 0.717) is 11.3 Å². The number of rotatable bonds is 10. The second-order valence-corrected chi connectivity index (χ2v) is 12.8. The Hall–Kier alpha value is -6.72. The Morgan fingerprint density at radius 2 is 1.33 bits per heavy atom. The van der Waals surface area contributed by atoms with Gasteiger partial charge in [0.1, 0.15) is 24.2 Å². The normalized spacial score (nSPS) is 20.7. The summed E-state index contributed by atoms with van der Waals surface area (Å²) in [5.74, 6) is -4.26. The van der Waals surface area contributed by atoms with Gasteiger partial charge in [-0.15, -0.1) is 0 Å². The van der Waals surface area contributed by atoms with Crippen molar-refractivity contribution < 1.29 is 28.8 Å². The van der Waals surface area contributed by atoms with Gasteiger partial charge < -0.3 is 53.3 Å². The number of nitrogens with two attached hydrogens (primary N) is 2. The van der Waals surface area contributed by atoms with Crippen LogP contribution in [-0.4, -0.2) is 100 Å². The van der Waals surface area contributed by atoms with Crippen molar-refractivity contribution >= 4 is 52.3 Å². The Kier molecular flexibility index (Phi) is 13.3. The van der Waals surface area contributed by atoms with E-state index in [-0.39, 0.29) is 44.6 Å². The summed E-state index contributed by atoms with van der Waals surface area (Å²) in [6.45, 7) is -0.869. The van der Waals surface area contributed by atoms with Gasteiger partial charge in [0, 0.05) is 54.8 Å². The minimum atomic E-state index is -1.21. The molecule has 1 aliphatic rings. The van der Waals surface area contributed by atoms with E-state index in [0.717, 1.165) is 16.5 Å². The zero-order chi connectivity index (χ0) is 38.5. The molecule has 0 unspecified atom stereocenters. The van der Waals surface area contributed by atoms with E-state index >= 15 is 0 Å². The van der Waals surface area contributed by atoms with E-state index in [4.69, 9.17) is 11.5 Å². The van der Waals surface area contributed by atoms with E-state index < -0.39 is 72.7 Å². The third-order valence-corrected chi connectivity index (χ3v) is 8.73. The monoisotopic (exact) mass is 740 g/mol. The van der Waals surface area contributed by atoms with Crippen molar-refractivity contribution in [2.24, 2.45) is 16.5 Å². The number of carbonyl (C=O) groups is 6. The molecule has 1 aliphatic heterocycles. The van der Waals surface area contributed by atoms with Crippen LogP contribution in [0.15, 0.2) is 78.3 Å². The van der Waals surface area contributed by atoms with Crippen LogP contribution in [0, 0.1) is 0 Å². The average Bonchev–Trinajstić information content (AvgIpc) is 3.83. The van der Waals surface area contributed by atoms with E-state index in [1.54, 1.807) is 36.5 Å². The smallest absolute Gasteiger partial charge is 0.243 e. The number of benzene rings is 2. The number of aromatic amines is 2. The highest BCUT2D eigenvalue weighted by atomic mass is 16.2. The quantitative estimate of drug-likeness (QED) is 0.0496. The third kappa shape index (κ3) is 11.1. The second-order valence-electron chi connectivity index (χ2n) is 12.8. The fourth-order valence-electron chi connectivity index (χ4n) is 5.98. The molecule has 3 heterocycles. The molecule has 0 radical (unpaired) electrons. The van der Waals surface area contributed by atoms with Crippen LogP contribution < -0.4 is 43.4 Å². The predicted octanol–water partition coefficient (Wildman–Crippen LogP) is -1.84. The maximum Gasteiger partial charge on any atom is 0.243 e. The number of imidazole rings is 1. The number of para-hydroxylation sites is 1.